The molecule has 39 heavy (non-hydrogen) atoms. The molecule has 0 aliphatic carbocycles. The van der Waals surface area contributed by atoms with Gasteiger partial charge in [0.05, 0.1) is 21.4 Å². The second kappa shape index (κ2) is 8.87. The zero-order chi connectivity index (χ0) is 25.9. The highest BCUT2D eigenvalue weighted by molar-refractivity contribution is 9.10. The average molecular weight is 583 g/mol. The third kappa shape index (κ3) is 3.54. The summed E-state index contributed by atoms with van der Waals surface area (Å²) in [6, 6.07) is 42.3. The Morgan fingerprint density at radius 1 is 0.615 bits per heavy atom. The van der Waals surface area contributed by atoms with Crippen LogP contribution >= 0.6 is 27.3 Å². The number of fused-ring (bicyclic) bond motifs is 7. The van der Waals surface area contributed by atoms with Gasteiger partial charge in [0.2, 0.25) is 0 Å². The molecular weight excluding hydrogens is 562 g/mol. The number of nitrogens with zero attached hydrogens (tertiary/aromatic N) is 3. The quantitative estimate of drug-likeness (QED) is 0.208. The maximum absolute atomic E-state index is 5.21. The van der Waals surface area contributed by atoms with Crippen molar-refractivity contribution in [3.63, 3.8) is 0 Å². The van der Waals surface area contributed by atoms with E-state index >= 15 is 0 Å². The van der Waals surface area contributed by atoms with Gasteiger partial charge in [0.25, 0.3) is 0 Å². The molecule has 0 N–H and O–H groups in total. The van der Waals surface area contributed by atoms with Gasteiger partial charge in [0, 0.05) is 47.9 Å². The Balaban J connectivity index is 1.56. The van der Waals surface area contributed by atoms with E-state index in [1.54, 1.807) is 0 Å². The number of hydrogen-bond donors (Lipinski definition) is 0. The number of hydrogen-bond acceptors (Lipinski definition) is 3. The summed E-state index contributed by atoms with van der Waals surface area (Å²) in [7, 11) is 0. The molecule has 0 atom stereocenters. The van der Waals surface area contributed by atoms with Gasteiger partial charge < -0.3 is 0 Å². The molecule has 0 aliphatic heterocycles. The van der Waals surface area contributed by atoms with Crippen molar-refractivity contribution in [2.75, 3.05) is 0 Å². The van der Waals surface area contributed by atoms with Crippen molar-refractivity contribution in [2.45, 2.75) is 0 Å². The van der Waals surface area contributed by atoms with Crippen LogP contribution in [0.25, 0.3) is 70.4 Å². The molecule has 5 aromatic carbocycles. The lowest BCUT2D eigenvalue weighted by atomic mass is 10.1. The SMILES string of the molecule is Brc1cc2c3ccccc3n(-c3cc(-c4ccccc4)nc(-c4ccccc4)n3)c2c2c1sc1ccccc12. The molecule has 184 valence electrons. The van der Waals surface area contributed by atoms with Crippen molar-refractivity contribution in [1.29, 1.82) is 0 Å². The van der Waals surface area contributed by atoms with Gasteiger partial charge in [-0.05, 0) is 34.1 Å². The van der Waals surface area contributed by atoms with E-state index in [4.69, 9.17) is 9.97 Å². The predicted molar refractivity (Wildman–Crippen MR) is 168 cm³/mol. The van der Waals surface area contributed by atoms with Gasteiger partial charge in [-0.3, -0.25) is 4.57 Å². The molecule has 3 nitrogen and oxygen atoms in total. The summed E-state index contributed by atoms with van der Waals surface area (Å²) in [5.74, 6) is 1.56. The van der Waals surface area contributed by atoms with Gasteiger partial charge in [-0.1, -0.05) is 97.1 Å². The lowest BCUT2D eigenvalue weighted by molar-refractivity contribution is 1.05. The van der Waals surface area contributed by atoms with E-state index in [1.165, 1.54) is 36.5 Å². The minimum absolute atomic E-state index is 0.710. The van der Waals surface area contributed by atoms with Crippen molar-refractivity contribution in [1.82, 2.24) is 14.5 Å². The average Bonchev–Trinajstić information content (AvgIpc) is 3.54. The molecule has 0 spiro atoms. The molecule has 0 saturated heterocycles. The van der Waals surface area contributed by atoms with E-state index < -0.39 is 0 Å². The van der Waals surface area contributed by atoms with Crippen molar-refractivity contribution >= 4 is 69.2 Å². The first-order valence-electron chi connectivity index (χ1n) is 12.8. The molecule has 3 heterocycles. The lowest BCUT2D eigenvalue weighted by Crippen LogP contribution is -2.02. The molecule has 8 rings (SSSR count). The van der Waals surface area contributed by atoms with Crippen LogP contribution in [0.4, 0.5) is 0 Å². The van der Waals surface area contributed by atoms with E-state index in [1.807, 2.05) is 35.6 Å². The van der Waals surface area contributed by atoms with Crippen LogP contribution in [-0.4, -0.2) is 14.5 Å². The molecule has 0 bridgehead atoms. The van der Waals surface area contributed by atoms with Crippen molar-refractivity contribution in [2.24, 2.45) is 0 Å². The number of benzene rings is 5. The highest BCUT2D eigenvalue weighted by atomic mass is 79.9. The molecule has 0 saturated carbocycles. The van der Waals surface area contributed by atoms with Crippen LogP contribution < -0.4 is 0 Å². The minimum Gasteiger partial charge on any atom is -0.293 e. The van der Waals surface area contributed by atoms with Crippen LogP contribution in [0.1, 0.15) is 0 Å². The van der Waals surface area contributed by atoms with Crippen LogP contribution in [0, 0.1) is 0 Å². The zero-order valence-electron chi connectivity index (χ0n) is 20.7. The molecule has 0 unspecified atom stereocenters. The van der Waals surface area contributed by atoms with Crippen molar-refractivity contribution < 1.29 is 0 Å². The molecule has 5 heteroatoms. The monoisotopic (exact) mass is 581 g/mol. The third-order valence-electron chi connectivity index (χ3n) is 7.28. The van der Waals surface area contributed by atoms with Crippen LogP contribution in [0.5, 0.6) is 0 Å². The molecular formula is C34H20BrN3S. The first kappa shape index (κ1) is 22.6. The van der Waals surface area contributed by atoms with Gasteiger partial charge in [-0.2, -0.15) is 0 Å². The largest absolute Gasteiger partial charge is 0.293 e. The fraction of sp³-hybridized carbons (Fsp3) is 0. The Kier molecular flexibility index (Phi) is 5.15. The maximum Gasteiger partial charge on any atom is 0.162 e. The summed E-state index contributed by atoms with van der Waals surface area (Å²) in [4.78, 5) is 10.2. The van der Waals surface area contributed by atoms with E-state index in [-0.39, 0.29) is 0 Å². The Hall–Kier alpha value is -4.32. The number of rotatable bonds is 3. The number of para-hydroxylation sites is 1. The van der Waals surface area contributed by atoms with Gasteiger partial charge >= 0.3 is 0 Å². The molecule has 3 aromatic heterocycles. The highest BCUT2D eigenvalue weighted by Crippen LogP contribution is 2.46. The second-order valence-electron chi connectivity index (χ2n) is 9.58. The highest BCUT2D eigenvalue weighted by Gasteiger charge is 2.21. The van der Waals surface area contributed by atoms with Gasteiger partial charge in [-0.15, -0.1) is 11.3 Å². The second-order valence-corrected chi connectivity index (χ2v) is 11.5. The van der Waals surface area contributed by atoms with Gasteiger partial charge in [0.15, 0.2) is 5.82 Å². The molecule has 0 amide bonds. The summed E-state index contributed by atoms with van der Waals surface area (Å²) in [5, 5.41) is 4.91. The summed E-state index contributed by atoms with van der Waals surface area (Å²) in [6.45, 7) is 0. The third-order valence-corrected chi connectivity index (χ3v) is 9.37. The van der Waals surface area contributed by atoms with Crippen molar-refractivity contribution in [3.05, 3.63) is 126 Å². The topological polar surface area (TPSA) is 30.7 Å². The normalized spacial score (nSPS) is 11.7. The number of aromatic nitrogens is 3. The van der Waals surface area contributed by atoms with E-state index in [0.29, 0.717) is 5.82 Å². The molecule has 8 aromatic rings. The maximum atomic E-state index is 5.21. The molecule has 0 radical (unpaired) electrons. The smallest absolute Gasteiger partial charge is 0.162 e. The summed E-state index contributed by atoms with van der Waals surface area (Å²) in [6.07, 6.45) is 0. The van der Waals surface area contributed by atoms with Crippen LogP contribution in [0.3, 0.4) is 0 Å². The molecule has 0 fully saturated rings. The summed E-state index contributed by atoms with van der Waals surface area (Å²) < 4.78 is 5.97. The summed E-state index contributed by atoms with van der Waals surface area (Å²) in [5.41, 5.74) is 5.25. The minimum atomic E-state index is 0.710. The number of halogens is 1. The van der Waals surface area contributed by atoms with Crippen LogP contribution in [-0.2, 0) is 0 Å². The molecule has 0 aliphatic rings. The van der Waals surface area contributed by atoms with Gasteiger partial charge in [-0.25, -0.2) is 9.97 Å². The zero-order valence-corrected chi connectivity index (χ0v) is 23.1. The predicted octanol–water partition coefficient (Wildman–Crippen LogP) is 10.0. The Morgan fingerprint density at radius 3 is 2.08 bits per heavy atom. The number of thiophene rings is 1. The van der Waals surface area contributed by atoms with E-state index in [9.17, 15) is 0 Å². The van der Waals surface area contributed by atoms with E-state index in [2.05, 4.69) is 118 Å². The van der Waals surface area contributed by atoms with E-state index in [0.717, 1.165) is 32.6 Å². The van der Waals surface area contributed by atoms with Crippen LogP contribution in [0.15, 0.2) is 126 Å². The Morgan fingerprint density at radius 2 is 1.28 bits per heavy atom. The summed E-state index contributed by atoms with van der Waals surface area (Å²) >= 11 is 5.73. The fourth-order valence-corrected chi connectivity index (χ4v) is 7.34. The van der Waals surface area contributed by atoms with Crippen LogP contribution in [0.2, 0.25) is 0 Å². The van der Waals surface area contributed by atoms with Gasteiger partial charge in [0.1, 0.15) is 5.82 Å². The Bertz CT molecular complexity index is 2120. The lowest BCUT2D eigenvalue weighted by Gasteiger charge is -2.13. The fourth-order valence-electron chi connectivity index (χ4n) is 5.56. The first-order valence-corrected chi connectivity index (χ1v) is 14.4. The Labute approximate surface area is 237 Å². The standard InChI is InChI=1S/C34H20BrN3S/c35-26-19-25-23-15-7-9-17-28(23)38(32(25)31-24-16-8-10-18-29(24)39-33(26)31)30-20-27(21-11-3-1-4-12-21)36-34(37-30)22-13-5-2-6-14-22/h1-20H. The first-order chi connectivity index (χ1) is 19.3. The van der Waals surface area contributed by atoms with Crippen molar-refractivity contribution in [3.8, 4) is 28.5 Å².